The molecule has 6 heteroatoms. The fourth-order valence-corrected chi connectivity index (χ4v) is 3.51. The molecule has 3 rings (SSSR count). The molecule has 24 heavy (non-hydrogen) atoms. The highest BCUT2D eigenvalue weighted by Gasteiger charge is 2.52. The van der Waals surface area contributed by atoms with Crippen molar-refractivity contribution >= 4 is 25.2 Å². The molecule has 2 aliphatic heterocycles. The second-order valence-corrected chi connectivity index (χ2v) is 8.43. The van der Waals surface area contributed by atoms with Crippen LogP contribution < -0.4 is 10.8 Å². The van der Waals surface area contributed by atoms with Gasteiger partial charge < -0.3 is 14.6 Å². The van der Waals surface area contributed by atoms with Crippen LogP contribution in [0, 0.1) is 6.92 Å². The maximum Gasteiger partial charge on any atom is 0.495 e. The highest BCUT2D eigenvalue weighted by Crippen LogP contribution is 2.37. The van der Waals surface area contributed by atoms with Gasteiger partial charge in [-0.2, -0.15) is 0 Å². The van der Waals surface area contributed by atoms with Crippen LogP contribution >= 0.6 is 12.6 Å². The van der Waals surface area contributed by atoms with E-state index in [-0.39, 0.29) is 18.3 Å². The van der Waals surface area contributed by atoms with Crippen molar-refractivity contribution in [1.29, 1.82) is 0 Å². The Bertz CT molecular complexity index is 599. The molecule has 0 atom stereocenters. The smallest absolute Gasteiger partial charge is 0.399 e. The van der Waals surface area contributed by atoms with Gasteiger partial charge in [-0.1, -0.05) is 6.07 Å². The maximum atomic E-state index is 6.25. The number of rotatable bonds is 3. The third-order valence-corrected chi connectivity index (χ3v) is 6.07. The van der Waals surface area contributed by atoms with Gasteiger partial charge in [0.25, 0.3) is 0 Å². The molecule has 2 heterocycles. The van der Waals surface area contributed by atoms with Crippen molar-refractivity contribution < 1.29 is 9.31 Å². The summed E-state index contributed by atoms with van der Waals surface area (Å²) in [6.07, 6.45) is 0. The van der Waals surface area contributed by atoms with Crippen LogP contribution in [0.3, 0.4) is 0 Å². The van der Waals surface area contributed by atoms with Gasteiger partial charge in [0, 0.05) is 37.6 Å². The molecule has 0 radical (unpaired) electrons. The van der Waals surface area contributed by atoms with E-state index in [9.17, 15) is 0 Å². The fraction of sp³-hybridized carbons (Fsp3) is 0.667. The third-order valence-electron chi connectivity index (χ3n) is 5.60. The summed E-state index contributed by atoms with van der Waals surface area (Å²) in [4.78, 5) is 3.48. The highest BCUT2D eigenvalue weighted by atomic mass is 32.1. The summed E-state index contributed by atoms with van der Waals surface area (Å²) in [5.41, 5.74) is 2.87. The first-order chi connectivity index (χ1) is 11.2. The van der Waals surface area contributed by atoms with Gasteiger partial charge in [0.2, 0.25) is 0 Å². The molecule has 0 aromatic heterocycles. The van der Waals surface area contributed by atoms with Gasteiger partial charge in [-0.25, -0.2) is 0 Å². The summed E-state index contributed by atoms with van der Waals surface area (Å²) in [5.74, 6) is 0. The van der Waals surface area contributed by atoms with E-state index in [1.165, 1.54) is 5.56 Å². The third kappa shape index (κ3) is 3.53. The summed E-state index contributed by atoms with van der Waals surface area (Å²) in [6, 6.07) is 4.41. The highest BCUT2D eigenvalue weighted by molar-refractivity contribution is 7.80. The minimum Gasteiger partial charge on any atom is -0.399 e. The average molecular weight is 348 g/mol. The summed E-state index contributed by atoms with van der Waals surface area (Å²) in [6.45, 7) is 15.7. The SMILES string of the molecule is Cc1c(S)cc(CN2CCNCC2)cc1B1OC(C)(C)C(C)(C)O1. The van der Waals surface area contributed by atoms with Gasteiger partial charge in [-0.05, 0) is 57.3 Å². The van der Waals surface area contributed by atoms with Gasteiger partial charge in [0.05, 0.1) is 11.2 Å². The van der Waals surface area contributed by atoms with Gasteiger partial charge in [0.15, 0.2) is 0 Å². The summed E-state index contributed by atoms with van der Waals surface area (Å²) in [5, 5.41) is 3.40. The maximum absolute atomic E-state index is 6.25. The summed E-state index contributed by atoms with van der Waals surface area (Å²) >= 11 is 4.69. The van der Waals surface area contributed by atoms with Crippen molar-refractivity contribution in [3.05, 3.63) is 23.3 Å². The number of nitrogens with zero attached hydrogens (tertiary/aromatic N) is 1. The van der Waals surface area contributed by atoms with Crippen LogP contribution in [-0.2, 0) is 15.9 Å². The van der Waals surface area contributed by atoms with E-state index in [4.69, 9.17) is 21.9 Å². The Morgan fingerprint density at radius 1 is 1.12 bits per heavy atom. The van der Waals surface area contributed by atoms with Crippen LogP contribution in [0.5, 0.6) is 0 Å². The number of hydrogen-bond donors (Lipinski definition) is 2. The Kier molecular flexibility index (Phi) is 5.06. The number of hydrogen-bond acceptors (Lipinski definition) is 5. The quantitative estimate of drug-likeness (QED) is 0.647. The number of thiol groups is 1. The topological polar surface area (TPSA) is 33.7 Å². The van der Waals surface area contributed by atoms with Crippen LogP contribution in [0.2, 0.25) is 0 Å². The summed E-state index contributed by atoms with van der Waals surface area (Å²) in [7, 11) is -0.330. The minimum absolute atomic E-state index is 0.324. The Hall–Kier alpha value is -0.525. The second-order valence-electron chi connectivity index (χ2n) is 7.94. The Morgan fingerprint density at radius 3 is 2.29 bits per heavy atom. The lowest BCUT2D eigenvalue weighted by molar-refractivity contribution is 0.00578. The zero-order chi connectivity index (χ0) is 17.5. The van der Waals surface area contributed by atoms with E-state index >= 15 is 0 Å². The molecule has 0 bridgehead atoms. The van der Waals surface area contributed by atoms with E-state index in [1.807, 2.05) is 0 Å². The van der Waals surface area contributed by atoms with Gasteiger partial charge in [0.1, 0.15) is 0 Å². The van der Waals surface area contributed by atoms with E-state index in [2.05, 4.69) is 57.0 Å². The molecule has 0 spiro atoms. The molecule has 0 amide bonds. The van der Waals surface area contributed by atoms with Crippen LogP contribution in [-0.4, -0.2) is 49.4 Å². The van der Waals surface area contributed by atoms with Crippen molar-refractivity contribution in [3.63, 3.8) is 0 Å². The Labute approximate surface area is 151 Å². The molecule has 4 nitrogen and oxygen atoms in total. The van der Waals surface area contributed by atoms with Crippen LogP contribution in [0.15, 0.2) is 17.0 Å². The molecule has 0 saturated carbocycles. The zero-order valence-corrected chi connectivity index (χ0v) is 16.4. The number of piperazine rings is 1. The molecule has 1 aromatic carbocycles. The van der Waals surface area contributed by atoms with Gasteiger partial charge in [-0.15, -0.1) is 12.6 Å². The lowest BCUT2D eigenvalue weighted by atomic mass is 9.75. The fourth-order valence-electron chi connectivity index (χ4n) is 3.21. The van der Waals surface area contributed by atoms with Gasteiger partial charge in [-0.3, -0.25) is 4.90 Å². The van der Waals surface area contributed by atoms with E-state index in [0.717, 1.165) is 48.6 Å². The molecule has 2 fully saturated rings. The first-order valence-electron chi connectivity index (χ1n) is 8.81. The molecule has 2 saturated heterocycles. The first kappa shape index (κ1) is 18.3. The monoisotopic (exact) mass is 348 g/mol. The largest absolute Gasteiger partial charge is 0.495 e. The van der Waals surface area contributed by atoms with Crippen molar-refractivity contribution in [1.82, 2.24) is 10.2 Å². The Morgan fingerprint density at radius 2 is 1.71 bits per heavy atom. The van der Waals surface area contributed by atoms with Crippen LogP contribution in [0.25, 0.3) is 0 Å². The Balaban J connectivity index is 1.85. The number of benzene rings is 1. The molecule has 0 aliphatic carbocycles. The van der Waals surface area contributed by atoms with Crippen LogP contribution in [0.1, 0.15) is 38.8 Å². The molecule has 1 aromatic rings. The van der Waals surface area contributed by atoms with Crippen molar-refractivity contribution in [2.75, 3.05) is 26.2 Å². The minimum atomic E-state index is -0.330. The van der Waals surface area contributed by atoms with E-state index < -0.39 is 0 Å². The predicted molar refractivity (Wildman–Crippen MR) is 102 cm³/mol. The molecular formula is C18H29BN2O2S. The molecular weight excluding hydrogens is 319 g/mol. The van der Waals surface area contributed by atoms with Crippen molar-refractivity contribution in [2.24, 2.45) is 0 Å². The lowest BCUT2D eigenvalue weighted by Gasteiger charge is -2.32. The van der Waals surface area contributed by atoms with E-state index in [0.29, 0.717) is 0 Å². The number of nitrogens with one attached hydrogen (secondary N) is 1. The second kappa shape index (κ2) is 6.65. The molecule has 132 valence electrons. The zero-order valence-electron chi connectivity index (χ0n) is 15.5. The lowest BCUT2D eigenvalue weighted by Crippen LogP contribution is -2.43. The molecule has 1 N–H and O–H groups in total. The summed E-state index contributed by atoms with van der Waals surface area (Å²) < 4.78 is 12.5. The average Bonchev–Trinajstić information content (AvgIpc) is 2.72. The van der Waals surface area contributed by atoms with Crippen molar-refractivity contribution in [2.45, 2.75) is 57.3 Å². The first-order valence-corrected chi connectivity index (χ1v) is 9.25. The standard InChI is InChI=1S/C18H29BN2O2S/c1-13-15(19-22-17(2,3)18(4,5)23-19)10-14(11-16(13)24)12-21-8-6-20-7-9-21/h10-11,20,24H,6-9,12H2,1-5H3. The van der Waals surface area contributed by atoms with Crippen molar-refractivity contribution in [3.8, 4) is 0 Å². The molecule has 0 unspecified atom stereocenters. The predicted octanol–water partition coefficient (Wildman–Crippen LogP) is 1.99. The molecule has 2 aliphatic rings. The van der Waals surface area contributed by atoms with Crippen LogP contribution in [0.4, 0.5) is 0 Å². The van der Waals surface area contributed by atoms with E-state index in [1.54, 1.807) is 0 Å². The normalized spacial score (nSPS) is 23.7. The van der Waals surface area contributed by atoms with Gasteiger partial charge >= 0.3 is 7.12 Å².